The fourth-order valence-electron chi connectivity index (χ4n) is 2.13. The summed E-state index contributed by atoms with van der Waals surface area (Å²) in [5.41, 5.74) is 1.33. The smallest absolute Gasteiger partial charge is 0.307 e. The summed E-state index contributed by atoms with van der Waals surface area (Å²) in [6.45, 7) is 2.50. The topological polar surface area (TPSA) is 44.1 Å². The quantitative estimate of drug-likeness (QED) is 0.570. The Kier molecular flexibility index (Phi) is 5.58. The van der Waals surface area contributed by atoms with Crippen molar-refractivity contribution in [2.75, 3.05) is 12.5 Å². The molecule has 0 amide bonds. The van der Waals surface area contributed by atoms with Crippen molar-refractivity contribution >= 4 is 44.5 Å². The molecule has 0 radical (unpaired) electrons. The molecule has 0 aliphatic heterocycles. The lowest BCUT2D eigenvalue weighted by Crippen LogP contribution is -2.11. The van der Waals surface area contributed by atoms with Crippen molar-refractivity contribution in [3.05, 3.63) is 28.2 Å². The van der Waals surface area contributed by atoms with E-state index in [0.717, 1.165) is 5.82 Å². The Balaban J connectivity index is 2.36. The summed E-state index contributed by atoms with van der Waals surface area (Å²) < 4.78 is 20.8. The zero-order valence-electron chi connectivity index (χ0n) is 11.5. The number of nitrogens with zero attached hydrogens (tertiary/aromatic N) is 2. The first-order valence-corrected chi connectivity index (χ1v) is 7.95. The van der Waals surface area contributed by atoms with E-state index in [4.69, 9.17) is 16.3 Å². The lowest BCUT2D eigenvalue weighted by atomic mass is 10.3. The molecule has 0 bridgehead atoms. The van der Waals surface area contributed by atoms with Crippen molar-refractivity contribution in [3.8, 4) is 0 Å². The molecule has 21 heavy (non-hydrogen) atoms. The molecular weight excluding hydrogens is 363 g/mol. The van der Waals surface area contributed by atoms with Crippen molar-refractivity contribution in [1.29, 1.82) is 0 Å². The Hall–Kier alpha value is -1.14. The molecular formula is C14H15BrClFN2O2. The summed E-state index contributed by atoms with van der Waals surface area (Å²) >= 11 is 8.93. The summed E-state index contributed by atoms with van der Waals surface area (Å²) in [5.74, 6) is 0.500. The summed E-state index contributed by atoms with van der Waals surface area (Å²) in [6.07, 6.45) is 0.768. The van der Waals surface area contributed by atoms with Crippen LogP contribution in [0.5, 0.6) is 0 Å². The molecule has 1 aromatic carbocycles. The Bertz CT molecular complexity index is 660. The van der Waals surface area contributed by atoms with E-state index in [2.05, 4.69) is 20.9 Å². The Morgan fingerprint density at radius 1 is 1.52 bits per heavy atom. The van der Waals surface area contributed by atoms with E-state index >= 15 is 0 Å². The van der Waals surface area contributed by atoms with Gasteiger partial charge in [-0.05, 0) is 28.9 Å². The van der Waals surface area contributed by atoms with E-state index in [-0.39, 0.29) is 18.2 Å². The first-order chi connectivity index (χ1) is 10.1. The van der Waals surface area contributed by atoms with Gasteiger partial charge in [0.05, 0.1) is 28.5 Å². The van der Waals surface area contributed by atoms with Crippen LogP contribution in [0.25, 0.3) is 11.0 Å². The monoisotopic (exact) mass is 376 g/mol. The van der Waals surface area contributed by atoms with Crippen LogP contribution in [-0.4, -0.2) is 28.0 Å². The number of aromatic nitrogens is 2. The van der Waals surface area contributed by atoms with Gasteiger partial charge in [0, 0.05) is 24.9 Å². The number of carbonyl (C=O) groups excluding carboxylic acids is 1. The van der Waals surface area contributed by atoms with Gasteiger partial charge in [-0.2, -0.15) is 0 Å². The third-order valence-corrected chi connectivity index (χ3v) is 3.83. The van der Waals surface area contributed by atoms with Gasteiger partial charge in [0.25, 0.3) is 0 Å². The number of benzene rings is 1. The lowest BCUT2D eigenvalue weighted by molar-refractivity contribution is -0.143. The van der Waals surface area contributed by atoms with E-state index in [1.807, 2.05) is 4.57 Å². The van der Waals surface area contributed by atoms with Gasteiger partial charge in [-0.25, -0.2) is 9.37 Å². The molecule has 0 unspecified atom stereocenters. The highest BCUT2D eigenvalue weighted by Crippen LogP contribution is 2.25. The van der Waals surface area contributed by atoms with Crippen LogP contribution in [0.4, 0.5) is 4.39 Å². The number of hydrogen-bond acceptors (Lipinski definition) is 3. The van der Waals surface area contributed by atoms with Crippen molar-refractivity contribution < 1.29 is 13.9 Å². The maximum Gasteiger partial charge on any atom is 0.307 e. The average molecular weight is 378 g/mol. The summed E-state index contributed by atoms with van der Waals surface area (Å²) in [5, 5.41) is 0. The third-order valence-electron chi connectivity index (χ3n) is 3.03. The predicted molar refractivity (Wildman–Crippen MR) is 83.1 cm³/mol. The molecule has 1 heterocycles. The molecule has 0 saturated heterocycles. The highest BCUT2D eigenvalue weighted by atomic mass is 79.9. The molecule has 0 aliphatic carbocycles. The van der Waals surface area contributed by atoms with Gasteiger partial charge in [0.2, 0.25) is 0 Å². The first kappa shape index (κ1) is 16.2. The van der Waals surface area contributed by atoms with Crippen molar-refractivity contribution in [2.45, 2.75) is 26.3 Å². The number of imidazole rings is 1. The number of alkyl halides is 1. The second kappa shape index (κ2) is 7.22. The van der Waals surface area contributed by atoms with Crippen molar-refractivity contribution in [1.82, 2.24) is 9.55 Å². The molecule has 0 aliphatic rings. The Morgan fingerprint density at radius 3 is 2.95 bits per heavy atom. The number of aryl methyl sites for hydroxylation is 2. The molecule has 0 fully saturated rings. The molecule has 2 rings (SSSR count). The van der Waals surface area contributed by atoms with E-state index in [1.165, 1.54) is 6.07 Å². The van der Waals surface area contributed by atoms with Crippen LogP contribution in [0.1, 0.15) is 19.2 Å². The van der Waals surface area contributed by atoms with Gasteiger partial charge < -0.3 is 9.30 Å². The standard InChI is InChI=1S/C14H15BrClFN2O2/c1-2-21-14(20)4-6-19-12-8-10(17)9(15)7-11(12)18-13(19)3-5-16/h7-8H,2-6H2,1H3. The van der Waals surface area contributed by atoms with Crippen LogP contribution in [0, 0.1) is 5.82 Å². The lowest BCUT2D eigenvalue weighted by Gasteiger charge is -2.08. The number of hydrogen-bond donors (Lipinski definition) is 0. The van der Waals surface area contributed by atoms with Crippen LogP contribution in [0.15, 0.2) is 16.6 Å². The summed E-state index contributed by atoms with van der Waals surface area (Å²) in [6, 6.07) is 3.04. The van der Waals surface area contributed by atoms with E-state index in [1.54, 1.807) is 13.0 Å². The van der Waals surface area contributed by atoms with Crippen LogP contribution in [0.2, 0.25) is 0 Å². The van der Waals surface area contributed by atoms with Crippen LogP contribution < -0.4 is 0 Å². The molecule has 2 aromatic rings. The van der Waals surface area contributed by atoms with Crippen LogP contribution in [0.3, 0.4) is 0 Å². The number of ether oxygens (including phenoxy) is 1. The number of rotatable bonds is 6. The predicted octanol–water partition coefficient (Wildman–Crippen LogP) is 3.67. The molecule has 4 nitrogen and oxygen atoms in total. The normalized spacial score (nSPS) is 11.0. The number of halogens is 3. The van der Waals surface area contributed by atoms with Gasteiger partial charge in [0.15, 0.2) is 0 Å². The zero-order valence-corrected chi connectivity index (χ0v) is 13.9. The maximum absolute atomic E-state index is 13.7. The molecule has 0 saturated carbocycles. The number of carbonyl (C=O) groups is 1. The molecule has 0 spiro atoms. The third kappa shape index (κ3) is 3.74. The minimum absolute atomic E-state index is 0.215. The SMILES string of the molecule is CCOC(=O)CCn1c(CCCl)nc2cc(Br)c(F)cc21. The average Bonchev–Trinajstić information content (AvgIpc) is 2.75. The summed E-state index contributed by atoms with van der Waals surface area (Å²) in [4.78, 5) is 16.0. The highest BCUT2D eigenvalue weighted by molar-refractivity contribution is 9.10. The molecule has 0 N–H and O–H groups in total. The Morgan fingerprint density at radius 2 is 2.29 bits per heavy atom. The van der Waals surface area contributed by atoms with Gasteiger partial charge in [-0.15, -0.1) is 11.6 Å². The van der Waals surface area contributed by atoms with E-state index < -0.39 is 0 Å². The number of fused-ring (bicyclic) bond motifs is 1. The fraction of sp³-hybridized carbons (Fsp3) is 0.429. The molecule has 1 aromatic heterocycles. The zero-order chi connectivity index (χ0) is 15.4. The summed E-state index contributed by atoms with van der Waals surface area (Å²) in [7, 11) is 0. The van der Waals surface area contributed by atoms with E-state index in [0.29, 0.717) is 41.0 Å². The molecule has 0 atom stereocenters. The highest BCUT2D eigenvalue weighted by Gasteiger charge is 2.14. The van der Waals surface area contributed by atoms with Crippen molar-refractivity contribution in [3.63, 3.8) is 0 Å². The minimum atomic E-state index is -0.364. The van der Waals surface area contributed by atoms with Crippen molar-refractivity contribution in [2.24, 2.45) is 0 Å². The van der Waals surface area contributed by atoms with Gasteiger partial charge in [-0.1, -0.05) is 0 Å². The molecule has 7 heteroatoms. The second-order valence-electron chi connectivity index (χ2n) is 4.43. The van der Waals surface area contributed by atoms with Crippen LogP contribution >= 0.6 is 27.5 Å². The van der Waals surface area contributed by atoms with Gasteiger partial charge >= 0.3 is 5.97 Å². The second-order valence-corrected chi connectivity index (χ2v) is 5.66. The Labute approximate surface area is 135 Å². The van der Waals surface area contributed by atoms with Gasteiger partial charge in [0.1, 0.15) is 11.6 Å². The van der Waals surface area contributed by atoms with Gasteiger partial charge in [-0.3, -0.25) is 4.79 Å². The minimum Gasteiger partial charge on any atom is -0.466 e. The molecule has 114 valence electrons. The fourth-order valence-corrected chi connectivity index (χ4v) is 2.63. The number of esters is 1. The maximum atomic E-state index is 13.7. The first-order valence-electron chi connectivity index (χ1n) is 6.62. The largest absolute Gasteiger partial charge is 0.466 e. The van der Waals surface area contributed by atoms with Crippen LogP contribution in [-0.2, 0) is 22.5 Å². The van der Waals surface area contributed by atoms with E-state index in [9.17, 15) is 9.18 Å².